The van der Waals surface area contributed by atoms with Crippen molar-refractivity contribution in [1.82, 2.24) is 4.90 Å². The van der Waals surface area contributed by atoms with Crippen LogP contribution in [0.15, 0.2) is 24.3 Å². The second-order valence-corrected chi connectivity index (χ2v) is 10.1. The monoisotopic (exact) mass is 428 g/mol. The fourth-order valence-corrected chi connectivity index (χ4v) is 4.92. The summed E-state index contributed by atoms with van der Waals surface area (Å²) in [6.07, 6.45) is 0.786. The van der Waals surface area contributed by atoms with Crippen LogP contribution in [0.25, 0.3) is 0 Å². The van der Waals surface area contributed by atoms with Crippen LogP contribution >= 0.6 is 11.3 Å². The summed E-state index contributed by atoms with van der Waals surface area (Å²) in [7, 11) is 0. The number of esters is 1. The van der Waals surface area contributed by atoms with Gasteiger partial charge >= 0.3 is 5.97 Å². The van der Waals surface area contributed by atoms with Gasteiger partial charge in [-0.1, -0.05) is 32.9 Å². The summed E-state index contributed by atoms with van der Waals surface area (Å²) >= 11 is 1.49. The largest absolute Gasteiger partial charge is 0.462 e. The van der Waals surface area contributed by atoms with Gasteiger partial charge in [-0.05, 0) is 55.9 Å². The zero-order valence-corrected chi connectivity index (χ0v) is 19.6. The van der Waals surface area contributed by atoms with Crippen LogP contribution in [0.5, 0.6) is 0 Å². The number of fused-ring (bicyclic) bond motifs is 1. The molecule has 0 bridgehead atoms. The smallest absolute Gasteiger partial charge is 0.341 e. The van der Waals surface area contributed by atoms with Gasteiger partial charge in [0.15, 0.2) is 0 Å². The molecule has 0 saturated heterocycles. The van der Waals surface area contributed by atoms with Crippen molar-refractivity contribution in [2.75, 3.05) is 18.5 Å². The lowest BCUT2D eigenvalue weighted by atomic mass is 9.87. The van der Waals surface area contributed by atoms with Gasteiger partial charge in [-0.2, -0.15) is 0 Å². The van der Waals surface area contributed by atoms with E-state index in [9.17, 15) is 9.59 Å². The summed E-state index contributed by atoms with van der Waals surface area (Å²) < 4.78 is 5.31. The first kappa shape index (κ1) is 22.5. The molecule has 2 heterocycles. The van der Waals surface area contributed by atoms with E-state index < -0.39 is 0 Å². The lowest BCUT2D eigenvalue weighted by Crippen LogP contribution is -2.35. The molecule has 1 N–H and O–H groups in total. The van der Waals surface area contributed by atoms with E-state index >= 15 is 0 Å². The molecule has 0 unspecified atom stereocenters. The van der Waals surface area contributed by atoms with E-state index in [-0.39, 0.29) is 17.3 Å². The first-order valence-corrected chi connectivity index (χ1v) is 11.4. The molecule has 162 valence electrons. The highest BCUT2D eigenvalue weighted by Gasteiger charge is 2.30. The fraction of sp³-hybridized carbons (Fsp3) is 0.500. The van der Waals surface area contributed by atoms with Crippen LogP contribution in [0, 0.1) is 0 Å². The molecule has 0 radical (unpaired) electrons. The van der Waals surface area contributed by atoms with Gasteiger partial charge in [0.05, 0.1) is 12.2 Å². The minimum Gasteiger partial charge on any atom is -0.462 e. The Morgan fingerprint density at radius 3 is 2.43 bits per heavy atom. The molecule has 3 rings (SSSR count). The van der Waals surface area contributed by atoms with Crippen molar-refractivity contribution in [3.8, 4) is 0 Å². The van der Waals surface area contributed by atoms with E-state index in [1.54, 1.807) is 6.92 Å². The van der Waals surface area contributed by atoms with Crippen molar-refractivity contribution in [2.45, 2.75) is 66.0 Å². The van der Waals surface area contributed by atoms with E-state index in [1.807, 2.05) is 24.3 Å². The van der Waals surface area contributed by atoms with Crippen molar-refractivity contribution >= 4 is 28.2 Å². The van der Waals surface area contributed by atoms with Crippen molar-refractivity contribution in [1.29, 1.82) is 0 Å². The maximum atomic E-state index is 12.9. The Labute approximate surface area is 183 Å². The highest BCUT2D eigenvalue weighted by molar-refractivity contribution is 7.17. The van der Waals surface area contributed by atoms with E-state index in [0.717, 1.165) is 30.0 Å². The second-order valence-electron chi connectivity index (χ2n) is 9.02. The van der Waals surface area contributed by atoms with E-state index in [1.165, 1.54) is 16.9 Å². The number of hydrogen-bond donors (Lipinski definition) is 1. The van der Waals surface area contributed by atoms with Crippen LogP contribution in [-0.2, 0) is 23.1 Å². The van der Waals surface area contributed by atoms with Gasteiger partial charge in [-0.25, -0.2) is 4.79 Å². The third kappa shape index (κ3) is 4.76. The van der Waals surface area contributed by atoms with E-state index in [4.69, 9.17) is 4.74 Å². The quantitative estimate of drug-likeness (QED) is 0.662. The summed E-state index contributed by atoms with van der Waals surface area (Å²) in [5, 5.41) is 3.58. The number of amides is 1. The normalized spacial score (nSPS) is 14.5. The van der Waals surface area contributed by atoms with Crippen LogP contribution in [0.3, 0.4) is 0 Å². The summed E-state index contributed by atoms with van der Waals surface area (Å²) in [6.45, 7) is 14.6. The molecule has 0 fully saturated rings. The highest BCUT2D eigenvalue weighted by Crippen LogP contribution is 2.38. The molecule has 1 aliphatic rings. The second kappa shape index (κ2) is 8.90. The van der Waals surface area contributed by atoms with Gasteiger partial charge in [0.2, 0.25) is 0 Å². The molecule has 1 aromatic carbocycles. The lowest BCUT2D eigenvalue weighted by Gasteiger charge is -2.30. The first-order valence-electron chi connectivity index (χ1n) is 10.6. The van der Waals surface area contributed by atoms with Crippen LogP contribution in [0.2, 0.25) is 0 Å². The predicted molar refractivity (Wildman–Crippen MR) is 123 cm³/mol. The van der Waals surface area contributed by atoms with E-state index in [0.29, 0.717) is 28.8 Å². The first-order chi connectivity index (χ1) is 14.1. The molecule has 0 aliphatic carbocycles. The molecule has 1 amide bonds. The Hall–Kier alpha value is -2.18. The number of anilines is 1. The van der Waals surface area contributed by atoms with Gasteiger partial charge in [0, 0.05) is 29.6 Å². The molecule has 1 aromatic heterocycles. The molecule has 0 saturated carbocycles. The Morgan fingerprint density at radius 2 is 1.87 bits per heavy atom. The molecular formula is C24H32N2O3S. The SMILES string of the molecule is CCOC(=O)c1c(NC(=O)c2ccc(C(C)(C)C)cc2)sc2c1CCN(C(C)C)C2. The summed E-state index contributed by atoms with van der Waals surface area (Å²) in [6, 6.07) is 8.09. The summed E-state index contributed by atoms with van der Waals surface area (Å²) in [4.78, 5) is 29.1. The fourth-order valence-electron chi connectivity index (χ4n) is 3.67. The van der Waals surface area contributed by atoms with Crippen molar-refractivity contribution in [3.05, 3.63) is 51.4 Å². The molecule has 30 heavy (non-hydrogen) atoms. The minimum absolute atomic E-state index is 0.0290. The summed E-state index contributed by atoms with van der Waals surface area (Å²) in [5.74, 6) is -0.563. The van der Waals surface area contributed by atoms with Crippen LogP contribution in [-0.4, -0.2) is 36.0 Å². The highest BCUT2D eigenvalue weighted by atomic mass is 32.1. The van der Waals surface area contributed by atoms with E-state index in [2.05, 4.69) is 44.8 Å². The Bertz CT molecular complexity index is 923. The maximum Gasteiger partial charge on any atom is 0.341 e. The van der Waals surface area contributed by atoms with Crippen LogP contribution in [0.1, 0.15) is 78.3 Å². The average molecular weight is 429 g/mol. The number of benzene rings is 1. The molecule has 0 spiro atoms. The van der Waals surface area contributed by atoms with Gasteiger partial charge in [0.25, 0.3) is 5.91 Å². The van der Waals surface area contributed by atoms with Gasteiger partial charge in [0.1, 0.15) is 5.00 Å². The molecule has 6 heteroatoms. The minimum atomic E-state index is -0.355. The lowest BCUT2D eigenvalue weighted by molar-refractivity contribution is 0.0526. The Morgan fingerprint density at radius 1 is 1.20 bits per heavy atom. The number of rotatable bonds is 5. The standard InChI is InChI=1S/C24H32N2O3S/c1-7-29-23(28)20-18-12-13-26(15(2)3)14-19(18)30-22(20)25-21(27)16-8-10-17(11-9-16)24(4,5)6/h8-11,15H,7,12-14H2,1-6H3,(H,25,27). The van der Waals surface area contributed by atoms with Crippen molar-refractivity contribution < 1.29 is 14.3 Å². The molecule has 1 aliphatic heterocycles. The number of nitrogens with zero attached hydrogens (tertiary/aromatic N) is 1. The van der Waals surface area contributed by atoms with Gasteiger partial charge in [-0.3, -0.25) is 9.69 Å². The molecular weight excluding hydrogens is 396 g/mol. The summed E-state index contributed by atoms with van der Waals surface area (Å²) in [5.41, 5.74) is 3.33. The molecule has 0 atom stereocenters. The van der Waals surface area contributed by atoms with Gasteiger partial charge in [-0.15, -0.1) is 11.3 Å². The number of carbonyl (C=O) groups is 2. The van der Waals surface area contributed by atoms with Crippen LogP contribution in [0.4, 0.5) is 5.00 Å². The number of nitrogens with one attached hydrogen (secondary N) is 1. The third-order valence-electron chi connectivity index (χ3n) is 5.54. The molecule has 5 nitrogen and oxygen atoms in total. The maximum absolute atomic E-state index is 12.9. The predicted octanol–water partition coefficient (Wildman–Crippen LogP) is 5.24. The van der Waals surface area contributed by atoms with Crippen LogP contribution < -0.4 is 5.32 Å². The Kier molecular flexibility index (Phi) is 6.68. The molecule has 2 aromatic rings. The number of thiophene rings is 1. The van der Waals surface area contributed by atoms with Gasteiger partial charge < -0.3 is 10.1 Å². The zero-order chi connectivity index (χ0) is 22.1. The third-order valence-corrected chi connectivity index (χ3v) is 6.67. The number of ether oxygens (including phenoxy) is 1. The topological polar surface area (TPSA) is 58.6 Å². The number of hydrogen-bond acceptors (Lipinski definition) is 5. The Balaban J connectivity index is 1.89. The zero-order valence-electron chi connectivity index (χ0n) is 18.8. The van der Waals surface area contributed by atoms with Crippen molar-refractivity contribution in [2.24, 2.45) is 0 Å². The van der Waals surface area contributed by atoms with Crippen molar-refractivity contribution in [3.63, 3.8) is 0 Å². The average Bonchev–Trinajstić information content (AvgIpc) is 3.04. The number of carbonyl (C=O) groups excluding carboxylic acids is 2.